The molecule has 0 aromatic heterocycles. The van der Waals surface area contributed by atoms with Crippen molar-refractivity contribution in [3.05, 3.63) is 23.3 Å². The fourth-order valence-corrected chi connectivity index (χ4v) is 2.63. The quantitative estimate of drug-likeness (QED) is 0.660. The lowest BCUT2D eigenvalue weighted by Gasteiger charge is -2.21. The molecule has 0 N–H and O–H groups in total. The molecule has 0 spiro atoms. The molecule has 3 rings (SSSR count). The summed E-state index contributed by atoms with van der Waals surface area (Å²) in [5.74, 6) is 1.34. The van der Waals surface area contributed by atoms with E-state index in [9.17, 15) is 4.79 Å². The minimum absolute atomic E-state index is 0.337. The monoisotopic (exact) mass is 217 g/mol. The number of rotatable bonds is 0. The topological polar surface area (TPSA) is 29.5 Å². The summed E-state index contributed by atoms with van der Waals surface area (Å²) in [6.45, 7) is 1.59. The molecule has 2 aliphatic heterocycles. The molecule has 3 nitrogen and oxygen atoms in total. The molecular formula is C13H15NO2. The Bertz CT molecular complexity index is 453. The van der Waals surface area contributed by atoms with E-state index >= 15 is 0 Å². The van der Waals surface area contributed by atoms with Crippen LogP contribution in [0.2, 0.25) is 0 Å². The normalized spacial score (nSPS) is 18.8. The zero-order valence-electron chi connectivity index (χ0n) is 9.45. The van der Waals surface area contributed by atoms with Gasteiger partial charge in [0.2, 0.25) is 0 Å². The fourth-order valence-electron chi connectivity index (χ4n) is 2.63. The Kier molecular flexibility index (Phi) is 2.13. The molecule has 2 heterocycles. The van der Waals surface area contributed by atoms with Gasteiger partial charge in [0.05, 0.1) is 6.61 Å². The van der Waals surface area contributed by atoms with Crippen molar-refractivity contribution < 1.29 is 9.53 Å². The second-order valence-electron chi connectivity index (χ2n) is 4.54. The molecule has 0 unspecified atom stereocenters. The van der Waals surface area contributed by atoms with Crippen LogP contribution in [-0.2, 0) is 17.6 Å². The van der Waals surface area contributed by atoms with E-state index in [2.05, 4.69) is 11.9 Å². The van der Waals surface area contributed by atoms with E-state index in [1.165, 1.54) is 11.3 Å². The number of hydrogen-bond donors (Lipinski definition) is 0. The first-order valence-electron chi connectivity index (χ1n) is 5.76. The molecule has 1 aromatic rings. The Hall–Kier alpha value is -1.51. The van der Waals surface area contributed by atoms with Crippen molar-refractivity contribution in [3.63, 3.8) is 0 Å². The van der Waals surface area contributed by atoms with Gasteiger partial charge < -0.3 is 9.64 Å². The van der Waals surface area contributed by atoms with Crippen LogP contribution in [0, 0.1) is 0 Å². The number of carbonyl (C=O) groups is 1. The van der Waals surface area contributed by atoms with Crippen molar-refractivity contribution >= 4 is 11.5 Å². The summed E-state index contributed by atoms with van der Waals surface area (Å²) in [7, 11) is 2.07. The first-order valence-corrected chi connectivity index (χ1v) is 5.76. The Morgan fingerprint density at radius 2 is 2.19 bits per heavy atom. The summed E-state index contributed by atoms with van der Waals surface area (Å²) in [6, 6.07) is 4.05. The molecule has 0 amide bonds. The van der Waals surface area contributed by atoms with Gasteiger partial charge in [-0.15, -0.1) is 0 Å². The number of anilines is 1. The largest absolute Gasteiger partial charge is 0.493 e. The van der Waals surface area contributed by atoms with Gasteiger partial charge in [-0.1, -0.05) is 6.07 Å². The van der Waals surface area contributed by atoms with E-state index in [-0.39, 0.29) is 0 Å². The number of fused-ring (bicyclic) bond motifs is 3. The van der Waals surface area contributed by atoms with Crippen molar-refractivity contribution in [2.24, 2.45) is 0 Å². The van der Waals surface area contributed by atoms with Crippen LogP contribution >= 0.6 is 0 Å². The van der Waals surface area contributed by atoms with Crippen molar-refractivity contribution in [2.45, 2.75) is 19.3 Å². The average Bonchev–Trinajstić information content (AvgIpc) is 2.68. The van der Waals surface area contributed by atoms with E-state index in [0.717, 1.165) is 30.9 Å². The number of benzene rings is 1. The van der Waals surface area contributed by atoms with Crippen LogP contribution < -0.4 is 9.64 Å². The van der Waals surface area contributed by atoms with Gasteiger partial charge in [-0.2, -0.15) is 0 Å². The third-order valence-electron chi connectivity index (χ3n) is 3.43. The lowest BCUT2D eigenvalue weighted by molar-refractivity contribution is -0.118. The predicted octanol–water partition coefficient (Wildman–Crippen LogP) is 1.57. The lowest BCUT2D eigenvalue weighted by atomic mass is 10.0. The fraction of sp³-hybridized carbons (Fsp3) is 0.462. The third kappa shape index (κ3) is 1.39. The van der Waals surface area contributed by atoms with E-state index in [4.69, 9.17) is 4.74 Å². The minimum atomic E-state index is 0.337. The standard InChI is InChI=1S/C13H15NO2/c1-14-6-4-10(15)8-9-2-3-12-11(13(9)14)5-7-16-12/h2-3H,4-8H2,1H3. The highest BCUT2D eigenvalue weighted by atomic mass is 16.5. The zero-order chi connectivity index (χ0) is 11.1. The minimum Gasteiger partial charge on any atom is -0.493 e. The van der Waals surface area contributed by atoms with Crippen molar-refractivity contribution in [1.82, 2.24) is 0 Å². The van der Waals surface area contributed by atoms with E-state index in [1.807, 2.05) is 12.1 Å². The van der Waals surface area contributed by atoms with Crippen LogP contribution in [0.15, 0.2) is 12.1 Å². The van der Waals surface area contributed by atoms with Crippen molar-refractivity contribution in [3.8, 4) is 5.75 Å². The molecule has 16 heavy (non-hydrogen) atoms. The van der Waals surface area contributed by atoms with Crippen LogP contribution in [0.1, 0.15) is 17.5 Å². The summed E-state index contributed by atoms with van der Waals surface area (Å²) in [4.78, 5) is 13.8. The smallest absolute Gasteiger partial charge is 0.139 e. The molecule has 0 fully saturated rings. The molecule has 0 aliphatic carbocycles. The summed E-state index contributed by atoms with van der Waals surface area (Å²) >= 11 is 0. The Labute approximate surface area is 95.0 Å². The summed E-state index contributed by atoms with van der Waals surface area (Å²) in [5, 5.41) is 0. The highest BCUT2D eigenvalue weighted by Gasteiger charge is 2.24. The molecule has 0 radical (unpaired) electrons. The van der Waals surface area contributed by atoms with Crippen LogP contribution in [-0.4, -0.2) is 26.0 Å². The molecule has 2 aliphatic rings. The van der Waals surface area contributed by atoms with Crippen LogP contribution in [0.5, 0.6) is 5.75 Å². The van der Waals surface area contributed by atoms with Gasteiger partial charge in [0.15, 0.2) is 0 Å². The maximum atomic E-state index is 11.6. The van der Waals surface area contributed by atoms with Crippen LogP contribution in [0.3, 0.4) is 0 Å². The molecule has 0 bridgehead atoms. The van der Waals surface area contributed by atoms with Crippen molar-refractivity contribution in [2.75, 3.05) is 25.1 Å². The molecular weight excluding hydrogens is 202 g/mol. The van der Waals surface area contributed by atoms with Gasteiger partial charge in [0.25, 0.3) is 0 Å². The SMILES string of the molecule is CN1CCC(=O)Cc2ccc3c(c21)CCO3. The third-order valence-corrected chi connectivity index (χ3v) is 3.43. The number of carbonyl (C=O) groups excluding carboxylic acids is 1. The Morgan fingerprint density at radius 3 is 3.06 bits per heavy atom. The second kappa shape index (κ2) is 3.51. The molecule has 84 valence electrons. The Balaban J connectivity index is 2.16. The molecule has 0 saturated carbocycles. The van der Waals surface area contributed by atoms with Gasteiger partial charge in [0.1, 0.15) is 11.5 Å². The zero-order valence-corrected chi connectivity index (χ0v) is 9.45. The summed E-state index contributed by atoms with van der Waals surface area (Å²) < 4.78 is 5.57. The first-order chi connectivity index (χ1) is 7.75. The van der Waals surface area contributed by atoms with E-state index in [0.29, 0.717) is 18.6 Å². The number of Topliss-reactive ketones (excluding diaryl/α,β-unsaturated/α-hetero) is 1. The van der Waals surface area contributed by atoms with Gasteiger partial charge in [-0.25, -0.2) is 0 Å². The summed E-state index contributed by atoms with van der Waals surface area (Å²) in [5.41, 5.74) is 3.69. The number of hydrogen-bond acceptors (Lipinski definition) is 3. The van der Waals surface area contributed by atoms with E-state index in [1.54, 1.807) is 0 Å². The lowest BCUT2D eigenvalue weighted by Crippen LogP contribution is -2.19. The maximum Gasteiger partial charge on any atom is 0.139 e. The van der Waals surface area contributed by atoms with Crippen molar-refractivity contribution in [1.29, 1.82) is 0 Å². The first kappa shape index (κ1) is 9.70. The highest BCUT2D eigenvalue weighted by Crippen LogP contribution is 2.37. The van der Waals surface area contributed by atoms with Gasteiger partial charge >= 0.3 is 0 Å². The second-order valence-corrected chi connectivity index (χ2v) is 4.54. The maximum absolute atomic E-state index is 11.6. The van der Waals surface area contributed by atoms with Gasteiger partial charge in [-0.3, -0.25) is 4.79 Å². The predicted molar refractivity (Wildman–Crippen MR) is 62.2 cm³/mol. The number of ketones is 1. The number of nitrogens with zero attached hydrogens (tertiary/aromatic N) is 1. The van der Waals surface area contributed by atoms with E-state index < -0.39 is 0 Å². The molecule has 1 aromatic carbocycles. The van der Waals surface area contributed by atoms with Crippen LogP contribution in [0.25, 0.3) is 0 Å². The molecule has 0 atom stereocenters. The van der Waals surface area contributed by atoms with Gasteiger partial charge in [-0.05, 0) is 11.6 Å². The van der Waals surface area contributed by atoms with Gasteiger partial charge in [0, 0.05) is 44.1 Å². The number of ether oxygens (including phenoxy) is 1. The summed E-state index contributed by atoms with van der Waals surface area (Å²) in [6.07, 6.45) is 2.20. The highest BCUT2D eigenvalue weighted by molar-refractivity contribution is 5.85. The Morgan fingerprint density at radius 1 is 1.31 bits per heavy atom. The van der Waals surface area contributed by atoms with Crippen LogP contribution in [0.4, 0.5) is 5.69 Å². The molecule has 0 saturated heterocycles. The average molecular weight is 217 g/mol. The molecule has 3 heteroatoms.